The van der Waals surface area contributed by atoms with Gasteiger partial charge >= 0.3 is 51.4 Å². The molecule has 0 spiro atoms. The summed E-state index contributed by atoms with van der Waals surface area (Å²) in [7, 11) is -4.45. The van der Waals surface area contributed by atoms with Crippen molar-refractivity contribution < 1.29 is 64.4 Å². The van der Waals surface area contributed by atoms with Crippen molar-refractivity contribution in [3.8, 4) is 0 Å². The van der Waals surface area contributed by atoms with Gasteiger partial charge in [0.1, 0.15) is 10.1 Å². The summed E-state index contributed by atoms with van der Waals surface area (Å²) in [5.74, 6) is 0. The van der Waals surface area contributed by atoms with Crippen molar-refractivity contribution in [2.24, 2.45) is 0 Å². The van der Waals surface area contributed by atoms with E-state index in [1.165, 1.54) is 0 Å². The largest absolute Gasteiger partial charge is 1.00 e. The third-order valence-corrected chi connectivity index (χ3v) is 4.95. The van der Waals surface area contributed by atoms with Gasteiger partial charge < -0.3 is 4.55 Å². The van der Waals surface area contributed by atoms with Crippen LogP contribution in [0.4, 0.5) is 0 Å². The van der Waals surface area contributed by atoms with E-state index in [0.29, 0.717) is 12.0 Å². The molecule has 2 aromatic carbocycles. The topological polar surface area (TPSA) is 57.2 Å². The van der Waals surface area contributed by atoms with Crippen molar-refractivity contribution in [3.05, 3.63) is 41.5 Å². The van der Waals surface area contributed by atoms with E-state index in [-0.39, 0.29) is 56.3 Å². The normalized spacial score (nSPS) is 11.4. The Kier molecular flexibility index (Phi) is 8.94. The first-order valence-electron chi connectivity index (χ1n) is 7.98. The molecule has 2 aromatic rings. The predicted octanol–water partition coefficient (Wildman–Crippen LogP) is 1.43. The van der Waals surface area contributed by atoms with Crippen LogP contribution >= 0.6 is 0 Å². The molecule has 0 fully saturated rings. The maximum Gasteiger partial charge on any atom is 1.00 e. The summed E-state index contributed by atoms with van der Waals surface area (Å²) in [6, 6.07) is 9.45. The molecule has 120 valence electrons. The maximum atomic E-state index is 11.7. The fraction of sp³-hybridized carbons (Fsp3) is 0.444. The number of aryl methyl sites for hydroxylation is 2. The first-order valence-corrected chi connectivity index (χ1v) is 9.39. The summed E-state index contributed by atoms with van der Waals surface area (Å²) in [6.07, 6.45) is 5.28. The van der Waals surface area contributed by atoms with E-state index in [1.807, 2.05) is 24.3 Å². The van der Waals surface area contributed by atoms with Crippen molar-refractivity contribution in [1.29, 1.82) is 0 Å². The van der Waals surface area contributed by atoms with Gasteiger partial charge in [-0.2, -0.15) is 0 Å². The van der Waals surface area contributed by atoms with Gasteiger partial charge in [-0.05, 0) is 53.6 Å². The minimum absolute atomic E-state index is 0. The molecular formula is C18H23KO3S. The van der Waals surface area contributed by atoms with Crippen LogP contribution in [0, 0.1) is 0 Å². The van der Waals surface area contributed by atoms with E-state index >= 15 is 0 Å². The summed E-state index contributed by atoms with van der Waals surface area (Å²) in [6.45, 7) is 4.16. The van der Waals surface area contributed by atoms with E-state index in [0.717, 1.165) is 48.4 Å². The molecule has 23 heavy (non-hydrogen) atoms. The van der Waals surface area contributed by atoms with Gasteiger partial charge in [0, 0.05) is 0 Å². The first-order chi connectivity index (χ1) is 10.5. The summed E-state index contributed by atoms with van der Waals surface area (Å²) in [4.78, 5) is -0.0225. The van der Waals surface area contributed by atoms with Crippen molar-refractivity contribution in [2.75, 3.05) is 0 Å². The Labute approximate surface area is 182 Å². The average Bonchev–Trinajstić information content (AvgIpc) is 2.49. The van der Waals surface area contributed by atoms with Gasteiger partial charge in [0.05, 0.1) is 4.90 Å². The molecule has 0 bridgehead atoms. The van der Waals surface area contributed by atoms with Crippen LogP contribution < -0.4 is 51.4 Å². The first kappa shape index (κ1) is 21.3. The zero-order valence-electron chi connectivity index (χ0n) is 14.3. The third kappa shape index (κ3) is 5.36. The Morgan fingerprint density at radius 1 is 0.957 bits per heavy atom. The molecule has 0 radical (unpaired) electrons. The van der Waals surface area contributed by atoms with Crippen molar-refractivity contribution in [1.82, 2.24) is 0 Å². The quantitative estimate of drug-likeness (QED) is 0.556. The maximum absolute atomic E-state index is 11.7. The van der Waals surface area contributed by atoms with Gasteiger partial charge in [0.2, 0.25) is 0 Å². The van der Waals surface area contributed by atoms with Crippen molar-refractivity contribution in [3.63, 3.8) is 0 Å². The van der Waals surface area contributed by atoms with Gasteiger partial charge in [-0.1, -0.05) is 51.0 Å². The monoisotopic (exact) mass is 358 g/mol. The minimum atomic E-state index is -4.45. The number of rotatable bonds is 7. The zero-order valence-corrected chi connectivity index (χ0v) is 18.2. The Bertz CT molecular complexity index is 754. The van der Waals surface area contributed by atoms with Crippen LogP contribution in [0.3, 0.4) is 0 Å². The Morgan fingerprint density at radius 3 is 2.09 bits per heavy atom. The summed E-state index contributed by atoms with van der Waals surface area (Å²) < 4.78 is 35.2. The van der Waals surface area contributed by atoms with Crippen LogP contribution in [0.5, 0.6) is 0 Å². The Morgan fingerprint density at radius 2 is 1.52 bits per heavy atom. The van der Waals surface area contributed by atoms with Gasteiger partial charge in [0.25, 0.3) is 0 Å². The van der Waals surface area contributed by atoms with Gasteiger partial charge in [-0.15, -0.1) is 0 Å². The standard InChI is InChI=1S/C18H24O3S.K/c1-3-5-9-14-13-18(22(19,20)21)17(10-6-4-2)16-12-8-7-11-15(14)16;/h7-8,11-13H,3-6,9-10H2,1-2H3,(H,19,20,21);/q;+1/p-1. The van der Waals surface area contributed by atoms with E-state index in [4.69, 9.17) is 0 Å². The molecular weight excluding hydrogens is 335 g/mol. The minimum Gasteiger partial charge on any atom is -0.744 e. The SMILES string of the molecule is CCCCc1cc(S(=O)(=O)[O-])c(CCCC)c2ccccc12.[K+]. The third-order valence-electron chi connectivity index (χ3n) is 4.05. The van der Waals surface area contributed by atoms with Gasteiger partial charge in [-0.3, -0.25) is 0 Å². The predicted molar refractivity (Wildman–Crippen MR) is 89.1 cm³/mol. The van der Waals surface area contributed by atoms with E-state index in [1.54, 1.807) is 6.07 Å². The number of fused-ring (bicyclic) bond motifs is 1. The molecule has 0 heterocycles. The molecule has 0 N–H and O–H groups in total. The van der Waals surface area contributed by atoms with Crippen LogP contribution in [0.25, 0.3) is 10.8 Å². The van der Waals surface area contributed by atoms with Crippen molar-refractivity contribution >= 4 is 20.9 Å². The Hall–Kier alpha value is 0.246. The smallest absolute Gasteiger partial charge is 0.744 e. The van der Waals surface area contributed by atoms with Crippen LogP contribution in [-0.4, -0.2) is 13.0 Å². The second kappa shape index (κ2) is 9.66. The molecule has 0 aliphatic carbocycles. The van der Waals surface area contributed by atoms with E-state index < -0.39 is 10.1 Å². The van der Waals surface area contributed by atoms with Gasteiger partial charge in [0.15, 0.2) is 0 Å². The van der Waals surface area contributed by atoms with Gasteiger partial charge in [-0.25, -0.2) is 8.42 Å². The van der Waals surface area contributed by atoms with E-state index in [2.05, 4.69) is 13.8 Å². The van der Waals surface area contributed by atoms with Crippen molar-refractivity contribution in [2.45, 2.75) is 57.3 Å². The average molecular weight is 359 g/mol. The second-order valence-corrected chi connectivity index (χ2v) is 7.07. The molecule has 0 saturated heterocycles. The molecule has 0 amide bonds. The van der Waals surface area contributed by atoms with E-state index in [9.17, 15) is 13.0 Å². The van der Waals surface area contributed by atoms with Crippen LogP contribution in [-0.2, 0) is 23.0 Å². The van der Waals surface area contributed by atoms with Crippen LogP contribution in [0.2, 0.25) is 0 Å². The fourth-order valence-electron chi connectivity index (χ4n) is 2.89. The number of hydrogen-bond acceptors (Lipinski definition) is 3. The molecule has 0 aromatic heterocycles. The molecule has 5 heteroatoms. The second-order valence-electron chi connectivity index (χ2n) is 5.72. The molecule has 2 rings (SSSR count). The number of benzene rings is 2. The molecule has 0 aliphatic rings. The molecule has 0 aliphatic heterocycles. The van der Waals surface area contributed by atoms with Crippen LogP contribution in [0.1, 0.15) is 50.7 Å². The summed E-state index contributed by atoms with van der Waals surface area (Å²) in [5.41, 5.74) is 1.65. The summed E-state index contributed by atoms with van der Waals surface area (Å²) in [5, 5.41) is 1.99. The molecule has 3 nitrogen and oxygen atoms in total. The number of hydrogen-bond donors (Lipinski definition) is 0. The molecule has 0 unspecified atom stereocenters. The molecule has 0 atom stereocenters. The fourth-order valence-corrected chi connectivity index (χ4v) is 3.69. The number of unbranched alkanes of at least 4 members (excludes halogenated alkanes) is 2. The molecule has 0 saturated carbocycles. The summed E-state index contributed by atoms with van der Waals surface area (Å²) >= 11 is 0. The zero-order chi connectivity index (χ0) is 16.2. The Balaban J connectivity index is 0.00000264. The van der Waals surface area contributed by atoms with Crippen LogP contribution in [0.15, 0.2) is 35.2 Å².